The van der Waals surface area contributed by atoms with Crippen molar-refractivity contribution in [2.45, 2.75) is 37.1 Å². The van der Waals surface area contributed by atoms with Crippen LogP contribution in [0.15, 0.2) is 63.8 Å². The molecule has 4 N–H and O–H groups in total. The van der Waals surface area contributed by atoms with E-state index < -0.39 is 55.7 Å². The first-order chi connectivity index (χ1) is 16.7. The van der Waals surface area contributed by atoms with Crippen molar-refractivity contribution in [3.8, 4) is 17.1 Å². The van der Waals surface area contributed by atoms with Gasteiger partial charge in [0.05, 0.1) is 5.39 Å². The molecule has 2 aromatic carbocycles. The number of esters is 1. The summed E-state index contributed by atoms with van der Waals surface area (Å²) in [5.41, 5.74) is 0.632. The van der Waals surface area contributed by atoms with Crippen LogP contribution >= 0.6 is 0 Å². The summed E-state index contributed by atoms with van der Waals surface area (Å²) < 4.78 is 21.7. The molecule has 1 fully saturated rings. The van der Waals surface area contributed by atoms with Crippen LogP contribution in [0.2, 0.25) is 0 Å². The molecular weight excluding hydrogens is 464 g/mol. The number of aliphatic hydroxyl groups excluding tert-OH is 3. The monoisotopic (exact) mass is 486 g/mol. The van der Waals surface area contributed by atoms with E-state index in [2.05, 4.69) is 0 Å². The second kappa shape index (κ2) is 10.2. The lowest BCUT2D eigenvalue weighted by atomic mass is 9.99. The fraction of sp³-hybridized carbons (Fsp3) is 0.292. The number of carbonyl (C=O) groups excluding carboxylic acids is 1. The molecule has 1 aromatic heterocycles. The number of benzene rings is 2. The lowest BCUT2D eigenvalue weighted by Gasteiger charge is -2.39. The molecule has 2 heterocycles. The van der Waals surface area contributed by atoms with Gasteiger partial charge < -0.3 is 39.1 Å². The van der Waals surface area contributed by atoms with E-state index in [1.807, 2.05) is 6.07 Å². The topological polar surface area (TPSA) is 173 Å². The summed E-state index contributed by atoms with van der Waals surface area (Å²) in [6.45, 7) is -0.579. The third-order valence-electron chi connectivity index (χ3n) is 5.38. The summed E-state index contributed by atoms with van der Waals surface area (Å²) in [4.78, 5) is 34.6. The van der Waals surface area contributed by atoms with Gasteiger partial charge in [-0.05, 0) is 12.1 Å². The minimum absolute atomic E-state index is 0.125. The molecule has 0 amide bonds. The van der Waals surface area contributed by atoms with Gasteiger partial charge in [0.2, 0.25) is 6.29 Å². The highest BCUT2D eigenvalue weighted by atomic mass is 16.7. The van der Waals surface area contributed by atoms with Crippen LogP contribution in [-0.4, -0.2) is 69.7 Å². The molecule has 1 unspecified atom stereocenters. The van der Waals surface area contributed by atoms with E-state index in [0.29, 0.717) is 16.7 Å². The minimum Gasteiger partial charge on any atom is -0.481 e. The second-order valence-electron chi connectivity index (χ2n) is 7.88. The number of ether oxygens (including phenoxy) is 3. The molecular formula is C24H22O11. The Hall–Kier alpha value is -3.77. The standard InChI is InChI=1S/C24H22O11/c25-15-9-16(12-4-2-1-3-5-12)34-17-8-13(6-7-14(15)17)33-24-23(31)22(30)21(29)18(35-24)11-32-20(28)10-19(26)27/h1-9,18,21-24,29-31H,10-11H2,(H,26,27)/t18-,21-,22+,23-,24?/m1/s1. The molecule has 11 heteroatoms. The third kappa shape index (κ3) is 5.49. The lowest BCUT2D eigenvalue weighted by Crippen LogP contribution is -2.60. The van der Waals surface area contributed by atoms with Crippen LogP contribution in [0, 0.1) is 0 Å². The summed E-state index contributed by atoms with van der Waals surface area (Å²) in [5, 5.41) is 39.6. The summed E-state index contributed by atoms with van der Waals surface area (Å²) in [7, 11) is 0. The van der Waals surface area contributed by atoms with E-state index >= 15 is 0 Å². The van der Waals surface area contributed by atoms with Crippen molar-refractivity contribution in [3.63, 3.8) is 0 Å². The van der Waals surface area contributed by atoms with Crippen LogP contribution in [0.5, 0.6) is 5.75 Å². The van der Waals surface area contributed by atoms with Crippen molar-refractivity contribution in [3.05, 3.63) is 64.8 Å². The first-order valence-electron chi connectivity index (χ1n) is 10.6. The van der Waals surface area contributed by atoms with E-state index in [4.69, 9.17) is 23.7 Å². The number of hydrogen-bond acceptors (Lipinski definition) is 10. The van der Waals surface area contributed by atoms with Gasteiger partial charge in [0.15, 0.2) is 5.43 Å². The van der Waals surface area contributed by atoms with Gasteiger partial charge in [-0.1, -0.05) is 30.3 Å². The second-order valence-corrected chi connectivity index (χ2v) is 7.88. The number of hydrogen-bond donors (Lipinski definition) is 4. The Morgan fingerprint density at radius 3 is 2.40 bits per heavy atom. The van der Waals surface area contributed by atoms with Gasteiger partial charge in [-0.2, -0.15) is 0 Å². The largest absolute Gasteiger partial charge is 0.481 e. The van der Waals surface area contributed by atoms with Gasteiger partial charge in [-0.15, -0.1) is 0 Å². The van der Waals surface area contributed by atoms with Crippen molar-refractivity contribution in [2.75, 3.05) is 6.61 Å². The normalized spacial score (nSPS) is 24.1. The van der Waals surface area contributed by atoms with Crippen LogP contribution in [-0.2, 0) is 19.1 Å². The Morgan fingerprint density at radius 2 is 1.69 bits per heavy atom. The van der Waals surface area contributed by atoms with Gasteiger partial charge in [-0.25, -0.2) is 0 Å². The van der Waals surface area contributed by atoms with Crippen LogP contribution in [0.25, 0.3) is 22.3 Å². The molecule has 11 nitrogen and oxygen atoms in total. The van der Waals surface area contributed by atoms with Crippen molar-refractivity contribution in [1.29, 1.82) is 0 Å². The maximum absolute atomic E-state index is 12.5. The van der Waals surface area contributed by atoms with E-state index in [9.17, 15) is 29.7 Å². The zero-order valence-corrected chi connectivity index (χ0v) is 18.1. The molecule has 1 aliphatic rings. The Labute approximate surface area is 197 Å². The molecule has 3 aromatic rings. The Morgan fingerprint density at radius 1 is 0.943 bits per heavy atom. The fourth-order valence-electron chi connectivity index (χ4n) is 3.59. The summed E-state index contributed by atoms with van der Waals surface area (Å²) >= 11 is 0. The smallest absolute Gasteiger partial charge is 0.317 e. The third-order valence-corrected chi connectivity index (χ3v) is 5.38. The number of aliphatic carboxylic acids is 1. The first kappa shape index (κ1) is 24.4. The van der Waals surface area contributed by atoms with Gasteiger partial charge in [0.25, 0.3) is 0 Å². The summed E-state index contributed by atoms with van der Waals surface area (Å²) in [6, 6.07) is 14.7. The molecule has 1 aliphatic heterocycles. The van der Waals surface area contributed by atoms with E-state index in [1.54, 1.807) is 24.3 Å². The maximum Gasteiger partial charge on any atom is 0.317 e. The maximum atomic E-state index is 12.5. The summed E-state index contributed by atoms with van der Waals surface area (Å²) in [6.07, 6.45) is -8.70. The number of carbonyl (C=O) groups is 2. The van der Waals surface area contributed by atoms with Crippen molar-refractivity contribution < 1.29 is 48.6 Å². The van der Waals surface area contributed by atoms with Crippen molar-refractivity contribution >= 4 is 22.9 Å². The molecule has 4 rings (SSSR count). The van der Waals surface area contributed by atoms with Gasteiger partial charge in [-0.3, -0.25) is 14.4 Å². The van der Waals surface area contributed by atoms with Crippen molar-refractivity contribution in [1.82, 2.24) is 0 Å². The zero-order chi connectivity index (χ0) is 25.1. The quantitative estimate of drug-likeness (QED) is 0.273. The van der Waals surface area contributed by atoms with Gasteiger partial charge >= 0.3 is 11.9 Å². The SMILES string of the molecule is O=C(O)CC(=O)OC[C@H]1OC(Oc2ccc3c(=O)cc(-c4ccccc4)oc3c2)[C@H](O)[C@@H](O)[C@@H]1O. The average molecular weight is 486 g/mol. The lowest BCUT2D eigenvalue weighted by molar-refractivity contribution is -0.278. The van der Waals surface area contributed by atoms with Gasteiger partial charge in [0, 0.05) is 17.7 Å². The number of aliphatic hydroxyl groups is 3. The molecule has 0 spiro atoms. The van der Waals surface area contributed by atoms with Crippen LogP contribution in [0.4, 0.5) is 0 Å². The van der Waals surface area contributed by atoms with Crippen LogP contribution in [0.3, 0.4) is 0 Å². The highest BCUT2D eigenvalue weighted by Crippen LogP contribution is 2.28. The van der Waals surface area contributed by atoms with Crippen LogP contribution < -0.4 is 10.2 Å². The van der Waals surface area contributed by atoms with E-state index in [0.717, 1.165) is 0 Å². The predicted octanol–water partition coefficient (Wildman–Crippen LogP) is 0.664. The molecule has 0 radical (unpaired) electrons. The average Bonchev–Trinajstić information content (AvgIpc) is 2.83. The zero-order valence-electron chi connectivity index (χ0n) is 18.1. The number of carboxylic acids is 1. The number of carboxylic acid groups (broad SMARTS) is 1. The molecule has 0 bridgehead atoms. The summed E-state index contributed by atoms with van der Waals surface area (Å²) in [5.74, 6) is -1.99. The fourth-order valence-corrected chi connectivity index (χ4v) is 3.59. The Bertz CT molecular complexity index is 1270. The molecule has 5 atom stereocenters. The van der Waals surface area contributed by atoms with E-state index in [1.165, 1.54) is 24.3 Å². The molecule has 0 aliphatic carbocycles. The first-order valence-corrected chi connectivity index (χ1v) is 10.6. The predicted molar refractivity (Wildman–Crippen MR) is 118 cm³/mol. The number of rotatable bonds is 7. The molecule has 184 valence electrons. The molecule has 1 saturated heterocycles. The Balaban J connectivity index is 1.54. The minimum atomic E-state index is -1.71. The Kier molecular flexibility index (Phi) is 7.12. The number of fused-ring (bicyclic) bond motifs is 1. The highest BCUT2D eigenvalue weighted by Gasteiger charge is 2.45. The van der Waals surface area contributed by atoms with Crippen molar-refractivity contribution in [2.24, 2.45) is 0 Å². The van der Waals surface area contributed by atoms with Crippen LogP contribution in [0.1, 0.15) is 6.42 Å². The van der Waals surface area contributed by atoms with E-state index in [-0.39, 0.29) is 16.8 Å². The molecule has 0 saturated carbocycles. The molecule has 35 heavy (non-hydrogen) atoms. The highest BCUT2D eigenvalue weighted by molar-refractivity contribution is 5.90. The van der Waals surface area contributed by atoms with Gasteiger partial charge in [0.1, 0.15) is 54.5 Å².